The molecule has 3 rings (SSSR count). The summed E-state index contributed by atoms with van der Waals surface area (Å²) in [6.07, 6.45) is 4.77. The van der Waals surface area contributed by atoms with E-state index >= 15 is 0 Å². The number of likely N-dealkylation sites (tertiary alicyclic amines) is 1. The monoisotopic (exact) mass is 237 g/mol. The normalized spacial score (nSPS) is 39.3. The minimum absolute atomic E-state index is 0.308. The molecule has 0 aromatic heterocycles. The first kappa shape index (κ1) is 11.5. The van der Waals surface area contributed by atoms with Crippen molar-refractivity contribution in [3.63, 3.8) is 0 Å². The van der Waals surface area contributed by atoms with Crippen LogP contribution >= 0.6 is 0 Å². The highest BCUT2D eigenvalue weighted by Crippen LogP contribution is 2.32. The predicted molar refractivity (Wildman–Crippen MR) is 66.5 cm³/mol. The van der Waals surface area contributed by atoms with Gasteiger partial charge in [0.05, 0.1) is 12.2 Å². The highest BCUT2D eigenvalue weighted by Gasteiger charge is 2.46. The molecule has 1 N–H and O–H groups in total. The predicted octanol–water partition coefficient (Wildman–Crippen LogP) is 0.781. The van der Waals surface area contributed by atoms with Crippen molar-refractivity contribution in [1.29, 1.82) is 0 Å². The number of carbonyl (C=O) groups is 1. The van der Waals surface area contributed by atoms with E-state index in [9.17, 15) is 4.79 Å². The number of nitrogens with zero attached hydrogens (tertiary/aromatic N) is 2. The maximum absolute atomic E-state index is 12.4. The molecule has 4 nitrogen and oxygen atoms in total. The Morgan fingerprint density at radius 3 is 2.71 bits per heavy atom. The standard InChI is InChI=1S/C13H23N3O/c1-3-13(2)12(17)16(9-14-13)11-6-7-15(8-11)10-4-5-10/h10-11,14H,3-9H2,1-2H3. The lowest BCUT2D eigenvalue weighted by Gasteiger charge is -2.26. The number of hydrogen-bond donors (Lipinski definition) is 1. The van der Waals surface area contributed by atoms with Crippen molar-refractivity contribution in [2.24, 2.45) is 0 Å². The van der Waals surface area contributed by atoms with Crippen LogP contribution < -0.4 is 5.32 Å². The Labute approximate surface area is 103 Å². The minimum Gasteiger partial charge on any atom is -0.324 e. The van der Waals surface area contributed by atoms with Crippen molar-refractivity contribution in [3.05, 3.63) is 0 Å². The summed E-state index contributed by atoms with van der Waals surface area (Å²) < 4.78 is 0. The van der Waals surface area contributed by atoms with Crippen LogP contribution in [0.15, 0.2) is 0 Å². The zero-order valence-electron chi connectivity index (χ0n) is 10.9. The molecule has 1 amide bonds. The first-order valence-corrected chi connectivity index (χ1v) is 6.94. The number of nitrogens with one attached hydrogen (secondary N) is 1. The maximum atomic E-state index is 12.4. The summed E-state index contributed by atoms with van der Waals surface area (Å²) in [6.45, 7) is 7.13. The van der Waals surface area contributed by atoms with E-state index in [1.165, 1.54) is 19.4 Å². The van der Waals surface area contributed by atoms with E-state index in [1.54, 1.807) is 0 Å². The smallest absolute Gasteiger partial charge is 0.243 e. The summed E-state index contributed by atoms with van der Waals surface area (Å²) in [5.41, 5.74) is -0.312. The first-order valence-electron chi connectivity index (χ1n) is 6.94. The van der Waals surface area contributed by atoms with Gasteiger partial charge in [0.1, 0.15) is 0 Å². The van der Waals surface area contributed by atoms with Crippen LogP contribution in [-0.2, 0) is 4.79 Å². The highest BCUT2D eigenvalue weighted by atomic mass is 16.2. The summed E-state index contributed by atoms with van der Waals surface area (Å²) in [7, 11) is 0. The molecule has 17 heavy (non-hydrogen) atoms. The van der Waals surface area contributed by atoms with Crippen molar-refractivity contribution >= 4 is 5.91 Å². The average molecular weight is 237 g/mol. The lowest BCUT2D eigenvalue weighted by molar-refractivity contribution is -0.133. The Balaban J connectivity index is 1.64. The SMILES string of the molecule is CCC1(C)NCN(C2CCN(C3CC3)C2)C1=O. The van der Waals surface area contributed by atoms with Crippen molar-refractivity contribution in [3.8, 4) is 0 Å². The first-order chi connectivity index (χ1) is 8.14. The fraction of sp³-hybridized carbons (Fsp3) is 0.923. The molecule has 3 aliphatic rings. The number of carbonyl (C=O) groups excluding carboxylic acids is 1. The van der Waals surface area contributed by atoms with Gasteiger partial charge in [0.25, 0.3) is 0 Å². The van der Waals surface area contributed by atoms with Crippen LogP contribution in [0.4, 0.5) is 0 Å². The van der Waals surface area contributed by atoms with E-state index in [1.807, 2.05) is 6.92 Å². The molecule has 0 aromatic rings. The highest BCUT2D eigenvalue weighted by molar-refractivity contribution is 5.88. The van der Waals surface area contributed by atoms with E-state index in [-0.39, 0.29) is 5.54 Å². The summed E-state index contributed by atoms with van der Waals surface area (Å²) in [6, 6.07) is 1.28. The van der Waals surface area contributed by atoms with Crippen LogP contribution in [0.3, 0.4) is 0 Å². The summed E-state index contributed by atoms with van der Waals surface area (Å²) in [5, 5.41) is 3.38. The van der Waals surface area contributed by atoms with E-state index < -0.39 is 0 Å². The summed E-state index contributed by atoms with van der Waals surface area (Å²) in [4.78, 5) is 17.0. The molecule has 1 saturated carbocycles. The van der Waals surface area contributed by atoms with Crippen LogP contribution in [0.2, 0.25) is 0 Å². The Morgan fingerprint density at radius 2 is 2.12 bits per heavy atom. The quantitative estimate of drug-likeness (QED) is 0.788. The Morgan fingerprint density at radius 1 is 1.35 bits per heavy atom. The lowest BCUT2D eigenvalue weighted by Crippen LogP contribution is -2.45. The zero-order valence-corrected chi connectivity index (χ0v) is 10.9. The second-order valence-corrected chi connectivity index (χ2v) is 5.96. The van der Waals surface area contributed by atoms with E-state index in [0.717, 1.165) is 32.1 Å². The van der Waals surface area contributed by atoms with Crippen molar-refractivity contribution in [2.45, 2.75) is 57.2 Å². The van der Waals surface area contributed by atoms with Gasteiger partial charge in [0, 0.05) is 25.2 Å². The zero-order chi connectivity index (χ0) is 12.0. The molecule has 0 aromatic carbocycles. The molecular weight excluding hydrogens is 214 g/mol. The van der Waals surface area contributed by atoms with Crippen molar-refractivity contribution < 1.29 is 4.79 Å². The Kier molecular flexibility index (Phi) is 2.67. The van der Waals surface area contributed by atoms with E-state index in [4.69, 9.17) is 0 Å². The molecule has 4 heteroatoms. The molecule has 2 unspecified atom stereocenters. The molecular formula is C13H23N3O. The number of hydrogen-bond acceptors (Lipinski definition) is 3. The molecule has 2 aliphatic heterocycles. The summed E-state index contributed by atoms with van der Waals surface area (Å²) in [5.74, 6) is 0.308. The van der Waals surface area contributed by atoms with E-state index in [0.29, 0.717) is 11.9 Å². The third-order valence-corrected chi connectivity index (χ3v) is 4.78. The van der Waals surface area contributed by atoms with Crippen LogP contribution in [0, 0.1) is 0 Å². The van der Waals surface area contributed by atoms with Gasteiger partial charge in [-0.1, -0.05) is 6.92 Å². The van der Waals surface area contributed by atoms with Gasteiger partial charge in [-0.2, -0.15) is 0 Å². The molecule has 2 heterocycles. The third kappa shape index (κ3) is 1.87. The average Bonchev–Trinajstić information content (AvgIpc) is 3.00. The second kappa shape index (κ2) is 3.95. The topological polar surface area (TPSA) is 35.6 Å². The molecule has 0 spiro atoms. The van der Waals surface area contributed by atoms with Crippen LogP contribution in [0.5, 0.6) is 0 Å². The van der Waals surface area contributed by atoms with Gasteiger partial charge in [-0.3, -0.25) is 15.0 Å². The molecule has 1 aliphatic carbocycles. The van der Waals surface area contributed by atoms with Crippen molar-refractivity contribution in [1.82, 2.24) is 15.1 Å². The molecule has 2 saturated heterocycles. The van der Waals surface area contributed by atoms with Crippen LogP contribution in [-0.4, -0.2) is 53.1 Å². The van der Waals surface area contributed by atoms with Gasteiger partial charge >= 0.3 is 0 Å². The van der Waals surface area contributed by atoms with E-state index in [2.05, 4.69) is 22.0 Å². The molecule has 0 radical (unpaired) electrons. The minimum atomic E-state index is -0.312. The van der Waals surface area contributed by atoms with Crippen LogP contribution in [0.25, 0.3) is 0 Å². The molecule has 2 atom stereocenters. The largest absolute Gasteiger partial charge is 0.324 e. The van der Waals surface area contributed by atoms with Gasteiger partial charge < -0.3 is 4.90 Å². The van der Waals surface area contributed by atoms with Crippen molar-refractivity contribution in [2.75, 3.05) is 19.8 Å². The van der Waals surface area contributed by atoms with Gasteiger partial charge in [-0.05, 0) is 32.6 Å². The molecule has 0 bridgehead atoms. The Hall–Kier alpha value is -0.610. The fourth-order valence-electron chi connectivity index (χ4n) is 3.09. The van der Waals surface area contributed by atoms with Crippen LogP contribution in [0.1, 0.15) is 39.5 Å². The number of rotatable bonds is 3. The molecule has 96 valence electrons. The fourth-order valence-corrected chi connectivity index (χ4v) is 3.09. The third-order valence-electron chi connectivity index (χ3n) is 4.78. The summed E-state index contributed by atoms with van der Waals surface area (Å²) >= 11 is 0. The Bertz CT molecular complexity index is 329. The second-order valence-electron chi connectivity index (χ2n) is 5.96. The lowest BCUT2D eigenvalue weighted by atomic mass is 9.99. The van der Waals surface area contributed by atoms with Gasteiger partial charge in [-0.25, -0.2) is 0 Å². The maximum Gasteiger partial charge on any atom is 0.243 e. The molecule has 3 fully saturated rings. The number of amides is 1. The van der Waals surface area contributed by atoms with Gasteiger partial charge in [0.2, 0.25) is 5.91 Å². The van der Waals surface area contributed by atoms with Gasteiger partial charge in [0.15, 0.2) is 0 Å². The van der Waals surface area contributed by atoms with Gasteiger partial charge in [-0.15, -0.1) is 0 Å².